The largest absolute Gasteiger partial charge is 0.419 e. The zero-order valence-electron chi connectivity index (χ0n) is 18.4. The topological polar surface area (TPSA) is 68.2 Å². The van der Waals surface area contributed by atoms with E-state index >= 15 is 0 Å². The summed E-state index contributed by atoms with van der Waals surface area (Å²) < 4.78 is 11.6. The van der Waals surface area contributed by atoms with Gasteiger partial charge in [-0.2, -0.15) is 0 Å². The van der Waals surface area contributed by atoms with Crippen molar-refractivity contribution in [2.75, 3.05) is 11.4 Å². The fourth-order valence-electron chi connectivity index (χ4n) is 3.85. The molecule has 0 aliphatic rings. The van der Waals surface area contributed by atoms with Crippen LogP contribution >= 0.6 is 0 Å². The van der Waals surface area contributed by atoms with Gasteiger partial charge in [0.15, 0.2) is 0 Å². The molecule has 0 N–H and O–H groups in total. The van der Waals surface area contributed by atoms with Gasteiger partial charge in [-0.05, 0) is 31.0 Å². The predicted octanol–water partition coefficient (Wildman–Crippen LogP) is 5.95. The summed E-state index contributed by atoms with van der Waals surface area (Å²) in [6.45, 7) is 3.19. The average molecular weight is 437 g/mol. The van der Waals surface area contributed by atoms with Gasteiger partial charge in [0.25, 0.3) is 5.89 Å². The number of hydrogen-bond acceptors (Lipinski definition) is 6. The Morgan fingerprint density at radius 3 is 2.18 bits per heavy atom. The Morgan fingerprint density at radius 1 is 0.788 bits per heavy atom. The molecule has 0 amide bonds. The van der Waals surface area contributed by atoms with Crippen molar-refractivity contribution >= 4 is 5.69 Å². The second kappa shape index (κ2) is 9.53. The lowest BCUT2D eigenvalue weighted by atomic mass is 10.1. The lowest BCUT2D eigenvalue weighted by molar-refractivity contribution is 0.399. The standard InChI is InChI=1S/C27H24N4O2/c1-20-25(26(30-33-20)22-13-7-3-8-14-22)27-29-28-24(32-27)19-31(23-15-9-4-10-16-23)18-17-21-11-5-2-6-12-21/h2-16H,17-19H2,1H3. The van der Waals surface area contributed by atoms with E-state index in [2.05, 4.69) is 56.7 Å². The van der Waals surface area contributed by atoms with Crippen LogP contribution in [0.5, 0.6) is 0 Å². The van der Waals surface area contributed by atoms with E-state index in [1.165, 1.54) is 5.56 Å². The van der Waals surface area contributed by atoms with E-state index in [0.717, 1.165) is 29.8 Å². The molecule has 0 spiro atoms. The molecule has 5 rings (SSSR count). The van der Waals surface area contributed by atoms with Gasteiger partial charge in [0, 0.05) is 17.8 Å². The molecule has 0 fully saturated rings. The fourth-order valence-corrected chi connectivity index (χ4v) is 3.85. The minimum absolute atomic E-state index is 0.415. The molecule has 2 heterocycles. The Morgan fingerprint density at radius 2 is 1.45 bits per heavy atom. The van der Waals surface area contributed by atoms with Gasteiger partial charge in [-0.3, -0.25) is 0 Å². The Bertz CT molecular complexity index is 1300. The van der Waals surface area contributed by atoms with E-state index in [0.29, 0.717) is 29.8 Å². The summed E-state index contributed by atoms with van der Waals surface area (Å²) in [4.78, 5) is 2.25. The Kier molecular flexibility index (Phi) is 5.97. The number of para-hydroxylation sites is 1. The predicted molar refractivity (Wildman–Crippen MR) is 128 cm³/mol. The van der Waals surface area contributed by atoms with Gasteiger partial charge >= 0.3 is 0 Å². The molecular weight excluding hydrogens is 412 g/mol. The summed E-state index contributed by atoms with van der Waals surface area (Å²) in [5.41, 5.74) is 4.78. The van der Waals surface area contributed by atoms with E-state index in [4.69, 9.17) is 8.94 Å². The van der Waals surface area contributed by atoms with Crippen LogP contribution in [0.1, 0.15) is 17.2 Å². The molecular formula is C27H24N4O2. The maximum atomic E-state index is 6.11. The number of anilines is 1. The average Bonchev–Trinajstić information content (AvgIpc) is 3.49. The lowest BCUT2D eigenvalue weighted by Gasteiger charge is -2.23. The molecule has 0 aliphatic carbocycles. The van der Waals surface area contributed by atoms with Crippen LogP contribution in [0.2, 0.25) is 0 Å². The van der Waals surface area contributed by atoms with E-state index in [-0.39, 0.29) is 0 Å². The van der Waals surface area contributed by atoms with Crippen LogP contribution in [0.15, 0.2) is 99.9 Å². The van der Waals surface area contributed by atoms with Crippen LogP contribution in [0.4, 0.5) is 5.69 Å². The SMILES string of the molecule is Cc1onc(-c2ccccc2)c1-c1nnc(CN(CCc2ccccc2)c2ccccc2)o1. The molecule has 0 atom stereocenters. The van der Waals surface area contributed by atoms with Crippen molar-refractivity contribution < 1.29 is 8.94 Å². The third-order valence-electron chi connectivity index (χ3n) is 5.55. The van der Waals surface area contributed by atoms with Gasteiger partial charge in [0.1, 0.15) is 17.0 Å². The third kappa shape index (κ3) is 4.70. The summed E-state index contributed by atoms with van der Waals surface area (Å²) in [6.07, 6.45) is 0.916. The Balaban J connectivity index is 1.40. The van der Waals surface area contributed by atoms with Crippen molar-refractivity contribution in [3.8, 4) is 22.7 Å². The molecule has 0 aliphatic heterocycles. The summed E-state index contributed by atoms with van der Waals surface area (Å²) in [6, 6.07) is 30.6. The molecule has 0 saturated heterocycles. The van der Waals surface area contributed by atoms with Gasteiger partial charge in [-0.15, -0.1) is 10.2 Å². The highest BCUT2D eigenvalue weighted by Crippen LogP contribution is 2.33. The first-order valence-corrected chi connectivity index (χ1v) is 11.0. The van der Waals surface area contributed by atoms with Gasteiger partial charge in [-0.25, -0.2) is 0 Å². The van der Waals surface area contributed by atoms with Crippen molar-refractivity contribution in [2.24, 2.45) is 0 Å². The second-order valence-corrected chi connectivity index (χ2v) is 7.82. The van der Waals surface area contributed by atoms with Gasteiger partial charge in [0.2, 0.25) is 5.89 Å². The number of benzene rings is 3. The Labute approximate surface area is 192 Å². The summed E-state index contributed by atoms with van der Waals surface area (Å²) in [7, 11) is 0. The molecule has 33 heavy (non-hydrogen) atoms. The maximum absolute atomic E-state index is 6.11. The minimum atomic E-state index is 0.415. The number of nitrogens with zero attached hydrogens (tertiary/aromatic N) is 4. The van der Waals surface area contributed by atoms with E-state index in [9.17, 15) is 0 Å². The molecule has 0 bridgehead atoms. The molecule has 0 radical (unpaired) electrons. The van der Waals surface area contributed by atoms with Crippen LogP contribution in [0.3, 0.4) is 0 Å². The molecule has 3 aromatic carbocycles. The van der Waals surface area contributed by atoms with Gasteiger partial charge in [-0.1, -0.05) is 84.0 Å². The molecule has 0 unspecified atom stereocenters. The Hall–Kier alpha value is -4.19. The van der Waals surface area contributed by atoms with Gasteiger partial charge < -0.3 is 13.8 Å². The molecule has 6 nitrogen and oxygen atoms in total. The van der Waals surface area contributed by atoms with E-state index in [1.807, 2.05) is 61.5 Å². The third-order valence-corrected chi connectivity index (χ3v) is 5.55. The molecule has 164 valence electrons. The molecule has 2 aromatic heterocycles. The molecule has 5 aromatic rings. The monoisotopic (exact) mass is 436 g/mol. The van der Waals surface area contributed by atoms with Crippen LogP contribution in [0, 0.1) is 6.92 Å². The number of hydrogen-bond donors (Lipinski definition) is 0. The zero-order valence-corrected chi connectivity index (χ0v) is 18.4. The second-order valence-electron chi connectivity index (χ2n) is 7.82. The fraction of sp³-hybridized carbons (Fsp3) is 0.148. The van der Waals surface area contributed by atoms with Crippen LogP contribution in [-0.4, -0.2) is 21.9 Å². The molecule has 0 saturated carbocycles. The highest BCUT2D eigenvalue weighted by molar-refractivity contribution is 5.77. The number of aryl methyl sites for hydroxylation is 1. The first-order valence-electron chi connectivity index (χ1n) is 11.0. The van der Waals surface area contributed by atoms with Crippen LogP contribution in [-0.2, 0) is 13.0 Å². The lowest BCUT2D eigenvalue weighted by Crippen LogP contribution is -2.25. The number of aromatic nitrogens is 3. The summed E-state index contributed by atoms with van der Waals surface area (Å²) >= 11 is 0. The zero-order chi connectivity index (χ0) is 22.5. The first kappa shape index (κ1) is 20.7. The van der Waals surface area contributed by atoms with Crippen molar-refractivity contribution in [3.05, 3.63) is 108 Å². The smallest absolute Gasteiger partial charge is 0.253 e. The normalized spacial score (nSPS) is 10.9. The first-order chi connectivity index (χ1) is 16.3. The van der Waals surface area contributed by atoms with Crippen molar-refractivity contribution in [3.63, 3.8) is 0 Å². The van der Waals surface area contributed by atoms with Crippen molar-refractivity contribution in [1.82, 2.24) is 15.4 Å². The van der Waals surface area contributed by atoms with E-state index in [1.54, 1.807) is 0 Å². The van der Waals surface area contributed by atoms with Crippen LogP contribution in [0.25, 0.3) is 22.7 Å². The van der Waals surface area contributed by atoms with Gasteiger partial charge in [0.05, 0.1) is 6.54 Å². The summed E-state index contributed by atoms with van der Waals surface area (Å²) in [5, 5.41) is 12.9. The quantitative estimate of drug-likeness (QED) is 0.299. The molecule has 6 heteroatoms. The minimum Gasteiger partial charge on any atom is -0.419 e. The van der Waals surface area contributed by atoms with E-state index < -0.39 is 0 Å². The van der Waals surface area contributed by atoms with Crippen LogP contribution < -0.4 is 4.90 Å². The van der Waals surface area contributed by atoms with Crippen molar-refractivity contribution in [2.45, 2.75) is 19.9 Å². The highest BCUT2D eigenvalue weighted by atomic mass is 16.5. The highest BCUT2D eigenvalue weighted by Gasteiger charge is 2.22. The summed E-state index contributed by atoms with van der Waals surface area (Å²) in [5.74, 6) is 1.60. The maximum Gasteiger partial charge on any atom is 0.253 e. The van der Waals surface area contributed by atoms with Crippen molar-refractivity contribution in [1.29, 1.82) is 0 Å². The number of rotatable bonds is 8.